The second-order valence-electron chi connectivity index (χ2n) is 5.73. The van der Waals surface area contributed by atoms with Gasteiger partial charge in [0, 0.05) is 6.54 Å². The summed E-state index contributed by atoms with van der Waals surface area (Å²) in [5.41, 5.74) is 6.61. The predicted octanol–water partition coefficient (Wildman–Crippen LogP) is 3.15. The molecule has 0 atom stereocenters. The molecule has 0 aliphatic heterocycles. The number of hydrogen-bond donors (Lipinski definition) is 2. The molecule has 3 N–H and O–H groups in total. The zero-order valence-corrected chi connectivity index (χ0v) is 12.8. The van der Waals surface area contributed by atoms with E-state index in [0.717, 1.165) is 31.2 Å². The Kier molecular flexibility index (Phi) is 4.86. The lowest BCUT2D eigenvalue weighted by atomic mass is 9.98. The molecule has 0 radical (unpaired) electrons. The first kappa shape index (κ1) is 15.8. The molecule has 1 saturated carbocycles. The Bertz CT molecular complexity index is 635. The molecule has 0 bridgehead atoms. The van der Waals surface area contributed by atoms with Crippen LogP contribution in [0.3, 0.4) is 0 Å². The molecule has 3 nitrogen and oxygen atoms in total. The van der Waals surface area contributed by atoms with Gasteiger partial charge in [0.1, 0.15) is 0 Å². The molecule has 3 rings (SSSR count). The van der Waals surface area contributed by atoms with E-state index in [9.17, 15) is 4.79 Å². The first-order valence-corrected chi connectivity index (χ1v) is 7.22. The van der Waals surface area contributed by atoms with Crippen LogP contribution < -0.4 is 11.1 Å². The summed E-state index contributed by atoms with van der Waals surface area (Å²) in [7, 11) is 0. The molecule has 0 aromatic heterocycles. The van der Waals surface area contributed by atoms with Gasteiger partial charge in [-0.05, 0) is 35.2 Å². The minimum atomic E-state index is -0.642. The zero-order valence-electron chi connectivity index (χ0n) is 12.0. The normalized spacial score (nSPS) is 16.4. The first-order valence-electron chi connectivity index (χ1n) is 7.22. The SMILES string of the molecule is Cl.NC1(C(=O)NCc2ccc3ccccc3c2)CCCC1. The van der Waals surface area contributed by atoms with Crippen molar-refractivity contribution >= 4 is 29.1 Å². The van der Waals surface area contributed by atoms with Crippen LogP contribution in [0, 0.1) is 0 Å². The van der Waals surface area contributed by atoms with E-state index >= 15 is 0 Å². The third-order valence-electron chi connectivity index (χ3n) is 4.21. The molecule has 1 aliphatic carbocycles. The molecule has 21 heavy (non-hydrogen) atoms. The smallest absolute Gasteiger partial charge is 0.240 e. The third-order valence-corrected chi connectivity index (χ3v) is 4.21. The van der Waals surface area contributed by atoms with E-state index in [0.29, 0.717) is 6.54 Å². The number of amides is 1. The average molecular weight is 305 g/mol. The van der Waals surface area contributed by atoms with Gasteiger partial charge >= 0.3 is 0 Å². The van der Waals surface area contributed by atoms with Crippen LogP contribution in [0.4, 0.5) is 0 Å². The van der Waals surface area contributed by atoms with Crippen LogP contribution in [0.5, 0.6) is 0 Å². The largest absolute Gasteiger partial charge is 0.350 e. The molecule has 2 aromatic carbocycles. The van der Waals surface area contributed by atoms with E-state index in [1.54, 1.807) is 0 Å². The summed E-state index contributed by atoms with van der Waals surface area (Å²) >= 11 is 0. The predicted molar refractivity (Wildman–Crippen MR) is 88.4 cm³/mol. The minimum absolute atomic E-state index is 0. The lowest BCUT2D eigenvalue weighted by Gasteiger charge is -2.22. The number of fused-ring (bicyclic) bond motifs is 1. The van der Waals surface area contributed by atoms with Gasteiger partial charge in [-0.2, -0.15) is 0 Å². The second-order valence-corrected chi connectivity index (χ2v) is 5.73. The second kappa shape index (κ2) is 6.46. The van der Waals surface area contributed by atoms with Gasteiger partial charge in [-0.25, -0.2) is 0 Å². The van der Waals surface area contributed by atoms with Gasteiger partial charge in [0.15, 0.2) is 0 Å². The van der Waals surface area contributed by atoms with Crippen molar-refractivity contribution in [1.82, 2.24) is 5.32 Å². The standard InChI is InChI=1S/C17H20N2O.ClH/c18-17(9-3-4-10-17)16(20)19-12-13-7-8-14-5-1-2-6-15(14)11-13;/h1-2,5-8,11H,3-4,9-10,12,18H2,(H,19,20);1H. The highest BCUT2D eigenvalue weighted by molar-refractivity contribution is 5.87. The monoisotopic (exact) mass is 304 g/mol. The number of halogens is 1. The van der Waals surface area contributed by atoms with E-state index in [2.05, 4.69) is 35.6 Å². The van der Waals surface area contributed by atoms with Crippen LogP contribution >= 0.6 is 12.4 Å². The first-order chi connectivity index (χ1) is 9.67. The minimum Gasteiger partial charge on any atom is -0.350 e. The molecule has 0 saturated heterocycles. The van der Waals surface area contributed by atoms with Crippen molar-refractivity contribution in [3.8, 4) is 0 Å². The van der Waals surface area contributed by atoms with Crippen molar-refractivity contribution in [1.29, 1.82) is 0 Å². The number of carbonyl (C=O) groups is 1. The van der Waals surface area contributed by atoms with E-state index in [-0.39, 0.29) is 18.3 Å². The number of nitrogens with two attached hydrogens (primary N) is 1. The van der Waals surface area contributed by atoms with Crippen LogP contribution in [0.25, 0.3) is 10.8 Å². The van der Waals surface area contributed by atoms with Crippen LogP contribution in [0.15, 0.2) is 42.5 Å². The van der Waals surface area contributed by atoms with Gasteiger partial charge in [-0.3, -0.25) is 4.79 Å². The number of benzene rings is 2. The van der Waals surface area contributed by atoms with Gasteiger partial charge in [-0.1, -0.05) is 49.2 Å². The summed E-state index contributed by atoms with van der Waals surface area (Å²) in [6.45, 7) is 0.544. The van der Waals surface area contributed by atoms with Gasteiger partial charge in [0.2, 0.25) is 5.91 Å². The Labute approximate surface area is 131 Å². The molecule has 1 fully saturated rings. The van der Waals surface area contributed by atoms with Crippen LogP contribution in [0.2, 0.25) is 0 Å². The van der Waals surface area contributed by atoms with Gasteiger partial charge in [-0.15, -0.1) is 12.4 Å². The summed E-state index contributed by atoms with van der Waals surface area (Å²) in [6.07, 6.45) is 3.72. The van der Waals surface area contributed by atoms with Gasteiger partial charge in [0.25, 0.3) is 0 Å². The Morgan fingerprint density at radius 1 is 1.10 bits per heavy atom. The van der Waals surface area contributed by atoms with Gasteiger partial charge < -0.3 is 11.1 Å². The molecule has 1 amide bonds. The fourth-order valence-corrected chi connectivity index (χ4v) is 2.94. The maximum atomic E-state index is 12.2. The van der Waals surface area contributed by atoms with Crippen molar-refractivity contribution in [2.75, 3.05) is 0 Å². The highest BCUT2D eigenvalue weighted by Crippen LogP contribution is 2.27. The van der Waals surface area contributed by atoms with E-state index in [1.165, 1.54) is 10.8 Å². The Balaban J connectivity index is 0.00000161. The van der Waals surface area contributed by atoms with Crippen molar-refractivity contribution in [2.45, 2.75) is 37.8 Å². The topological polar surface area (TPSA) is 55.1 Å². The van der Waals surface area contributed by atoms with Crippen LogP contribution in [-0.4, -0.2) is 11.4 Å². The summed E-state index contributed by atoms with van der Waals surface area (Å²) in [5, 5.41) is 5.40. The van der Waals surface area contributed by atoms with E-state index < -0.39 is 5.54 Å². The summed E-state index contributed by atoms with van der Waals surface area (Å²) in [5.74, 6) is -0.0110. The maximum absolute atomic E-state index is 12.2. The molecule has 0 heterocycles. The average Bonchev–Trinajstić information content (AvgIpc) is 2.92. The van der Waals surface area contributed by atoms with E-state index in [1.807, 2.05) is 12.1 Å². The summed E-state index contributed by atoms with van der Waals surface area (Å²) in [4.78, 5) is 12.2. The van der Waals surface area contributed by atoms with Crippen LogP contribution in [-0.2, 0) is 11.3 Å². The number of hydrogen-bond acceptors (Lipinski definition) is 2. The highest BCUT2D eigenvalue weighted by Gasteiger charge is 2.36. The number of rotatable bonds is 3. The number of carbonyl (C=O) groups excluding carboxylic acids is 1. The molecule has 112 valence electrons. The Morgan fingerprint density at radius 2 is 1.76 bits per heavy atom. The number of nitrogens with one attached hydrogen (secondary N) is 1. The van der Waals surface area contributed by atoms with Crippen LogP contribution in [0.1, 0.15) is 31.2 Å². The molecular weight excluding hydrogens is 284 g/mol. The van der Waals surface area contributed by atoms with Gasteiger partial charge in [0.05, 0.1) is 5.54 Å². The Hall–Kier alpha value is -1.58. The lowest BCUT2D eigenvalue weighted by Crippen LogP contribution is -2.51. The van der Waals surface area contributed by atoms with Crippen molar-refractivity contribution in [3.63, 3.8) is 0 Å². The fourth-order valence-electron chi connectivity index (χ4n) is 2.94. The molecule has 0 unspecified atom stereocenters. The third kappa shape index (κ3) is 3.36. The quantitative estimate of drug-likeness (QED) is 0.915. The summed E-state index contributed by atoms with van der Waals surface area (Å²) < 4.78 is 0. The Morgan fingerprint density at radius 3 is 2.48 bits per heavy atom. The lowest BCUT2D eigenvalue weighted by molar-refractivity contribution is -0.126. The molecule has 4 heteroatoms. The van der Waals surface area contributed by atoms with Crippen molar-refractivity contribution in [3.05, 3.63) is 48.0 Å². The maximum Gasteiger partial charge on any atom is 0.240 e. The summed E-state index contributed by atoms with van der Waals surface area (Å²) in [6, 6.07) is 14.5. The zero-order chi connectivity index (χ0) is 14.0. The van der Waals surface area contributed by atoms with E-state index in [4.69, 9.17) is 5.73 Å². The highest BCUT2D eigenvalue weighted by atomic mass is 35.5. The molecular formula is C17H21ClN2O. The molecule has 2 aromatic rings. The van der Waals surface area contributed by atoms with Crippen molar-refractivity contribution in [2.24, 2.45) is 5.73 Å². The molecule has 0 spiro atoms. The van der Waals surface area contributed by atoms with Crippen molar-refractivity contribution < 1.29 is 4.79 Å². The fraction of sp³-hybridized carbons (Fsp3) is 0.353. The molecule has 1 aliphatic rings.